The summed E-state index contributed by atoms with van der Waals surface area (Å²) >= 11 is 0. The van der Waals surface area contributed by atoms with Crippen molar-refractivity contribution in [3.63, 3.8) is 0 Å². The van der Waals surface area contributed by atoms with E-state index in [0.717, 1.165) is 0 Å². The van der Waals surface area contributed by atoms with Crippen LogP contribution in [0.1, 0.15) is 52.8 Å². The van der Waals surface area contributed by atoms with Gasteiger partial charge in [-0.2, -0.15) is 10.4 Å². The molecule has 0 spiro atoms. The fourth-order valence-electron chi connectivity index (χ4n) is 3.84. The largest absolute Gasteiger partial charge is 0.482 e. The van der Waals surface area contributed by atoms with E-state index < -0.39 is 17.8 Å². The van der Waals surface area contributed by atoms with Gasteiger partial charge in [-0.05, 0) is 50.4 Å². The number of fused-ring (bicyclic) bond motifs is 2. The number of carbonyl (C=O) groups excluding carboxylic acids is 2. The molecule has 1 aromatic heterocycles. The number of aliphatic imine (C=N–C) groups is 1. The number of amides is 2. The molecular weight excluding hydrogens is 453 g/mol. The molecule has 0 saturated heterocycles. The first-order chi connectivity index (χ1) is 16.6. The Morgan fingerprint density at radius 2 is 2.17 bits per heavy atom. The molecule has 2 amide bonds. The number of nitriles is 1. The molecule has 1 atom stereocenters. The van der Waals surface area contributed by atoms with Gasteiger partial charge in [0.2, 0.25) is 5.91 Å². The lowest BCUT2D eigenvalue weighted by Gasteiger charge is -2.24. The number of carbonyl (C=O) groups is 2. The van der Waals surface area contributed by atoms with Gasteiger partial charge in [-0.1, -0.05) is 0 Å². The number of ether oxygens (including phenoxy) is 1. The first-order valence-corrected chi connectivity index (χ1v) is 10.7. The van der Waals surface area contributed by atoms with Crippen molar-refractivity contribution >= 4 is 24.1 Å². The van der Waals surface area contributed by atoms with Crippen LogP contribution in [0.15, 0.2) is 40.8 Å². The van der Waals surface area contributed by atoms with Crippen LogP contribution in [0.25, 0.3) is 5.57 Å². The Morgan fingerprint density at radius 1 is 1.46 bits per heavy atom. The monoisotopic (exact) mass is 479 g/mol. The summed E-state index contributed by atoms with van der Waals surface area (Å²) in [6.45, 7) is 6.68. The van der Waals surface area contributed by atoms with E-state index in [9.17, 15) is 19.2 Å². The summed E-state index contributed by atoms with van der Waals surface area (Å²) in [6.07, 6.45) is 0.757. The molecule has 2 heterocycles. The van der Waals surface area contributed by atoms with Crippen LogP contribution in [0.2, 0.25) is 0 Å². The number of aryl methyl sites for hydroxylation is 1. The number of hydrogen-bond donors (Lipinski definition) is 2. The van der Waals surface area contributed by atoms with Crippen LogP contribution >= 0.6 is 0 Å². The van der Waals surface area contributed by atoms with Gasteiger partial charge in [-0.3, -0.25) is 14.3 Å². The molecule has 0 bridgehead atoms. The smallest absolute Gasteiger partial charge is 0.254 e. The highest BCUT2D eigenvalue weighted by Gasteiger charge is 2.27. The third-order valence-corrected chi connectivity index (χ3v) is 5.52. The SMILES string of the molecule is C=N/C(NC(=O)CN)=C1\C=C(/C)c2c(nn(C)c2C#N)CN(C)C(=O)c2ccc(F)cc2[C@@H](C)O1. The molecule has 10 nitrogen and oxygen atoms in total. The Hall–Kier alpha value is -4.30. The Kier molecular flexibility index (Phi) is 7.46. The van der Waals surface area contributed by atoms with Gasteiger partial charge in [-0.25, -0.2) is 9.38 Å². The minimum Gasteiger partial charge on any atom is -0.482 e. The number of hydrogen-bond acceptors (Lipinski definition) is 7. The lowest BCUT2D eigenvalue weighted by molar-refractivity contribution is -0.119. The summed E-state index contributed by atoms with van der Waals surface area (Å²) in [5.74, 6) is -1.38. The van der Waals surface area contributed by atoms with Crippen molar-refractivity contribution in [3.05, 3.63) is 69.8 Å². The third kappa shape index (κ3) is 5.12. The normalized spacial score (nSPS) is 19.0. The van der Waals surface area contributed by atoms with E-state index >= 15 is 0 Å². The molecule has 182 valence electrons. The van der Waals surface area contributed by atoms with Crippen LogP contribution in [0, 0.1) is 17.1 Å². The second-order valence-electron chi connectivity index (χ2n) is 8.01. The Morgan fingerprint density at radius 3 is 2.80 bits per heavy atom. The lowest BCUT2D eigenvalue weighted by Crippen LogP contribution is -2.30. The highest BCUT2D eigenvalue weighted by Crippen LogP contribution is 2.31. The van der Waals surface area contributed by atoms with Gasteiger partial charge in [0.1, 0.15) is 23.7 Å². The van der Waals surface area contributed by atoms with Gasteiger partial charge in [0.15, 0.2) is 11.6 Å². The second kappa shape index (κ2) is 10.3. The van der Waals surface area contributed by atoms with Crippen LogP contribution < -0.4 is 11.1 Å². The molecule has 1 aliphatic rings. The van der Waals surface area contributed by atoms with Crippen molar-refractivity contribution in [2.75, 3.05) is 13.6 Å². The number of rotatable bonds is 3. The van der Waals surface area contributed by atoms with Crippen molar-refractivity contribution in [1.29, 1.82) is 5.26 Å². The van der Waals surface area contributed by atoms with Crippen molar-refractivity contribution in [2.24, 2.45) is 17.8 Å². The molecule has 1 aliphatic heterocycles. The van der Waals surface area contributed by atoms with E-state index in [0.29, 0.717) is 22.4 Å². The van der Waals surface area contributed by atoms with E-state index in [4.69, 9.17) is 10.5 Å². The summed E-state index contributed by atoms with van der Waals surface area (Å²) in [6, 6.07) is 5.95. The standard InChI is InChI=1S/C24H26FN7O3/c1-13-8-20(23(28-3)29-21(33)11-27)35-14(2)17-9-15(25)6-7-16(17)24(34)31(4)12-18-22(13)19(10-26)32(5)30-18/h6-9,14H,3,11-12,27H2,1-2,4-5H3,(H,29,33)/b13-8+,23-20-/t14-/m1/s1. The van der Waals surface area contributed by atoms with Crippen molar-refractivity contribution in [1.82, 2.24) is 20.0 Å². The molecule has 3 rings (SSSR count). The fourth-order valence-corrected chi connectivity index (χ4v) is 3.84. The number of nitrogens with zero attached hydrogens (tertiary/aromatic N) is 5. The predicted molar refractivity (Wildman–Crippen MR) is 127 cm³/mol. The average Bonchev–Trinajstić information content (AvgIpc) is 3.15. The minimum atomic E-state index is -0.827. The summed E-state index contributed by atoms with van der Waals surface area (Å²) in [5, 5.41) is 16.7. The lowest BCUT2D eigenvalue weighted by atomic mass is 10.00. The number of allylic oxidation sites excluding steroid dienone is 2. The third-order valence-electron chi connectivity index (χ3n) is 5.52. The van der Waals surface area contributed by atoms with Crippen molar-refractivity contribution in [3.8, 4) is 6.07 Å². The topological polar surface area (TPSA) is 139 Å². The highest BCUT2D eigenvalue weighted by atomic mass is 19.1. The van der Waals surface area contributed by atoms with Gasteiger partial charge in [0.25, 0.3) is 5.91 Å². The van der Waals surface area contributed by atoms with E-state index in [2.05, 4.69) is 28.2 Å². The van der Waals surface area contributed by atoms with Crippen molar-refractivity contribution < 1.29 is 18.7 Å². The molecule has 35 heavy (non-hydrogen) atoms. The molecule has 0 radical (unpaired) electrons. The summed E-state index contributed by atoms with van der Waals surface area (Å²) in [4.78, 5) is 30.7. The molecule has 0 saturated carbocycles. The summed E-state index contributed by atoms with van der Waals surface area (Å²) in [5.41, 5.74) is 7.80. The van der Waals surface area contributed by atoms with Crippen LogP contribution in [-0.4, -0.2) is 46.8 Å². The van der Waals surface area contributed by atoms with Crippen LogP contribution in [-0.2, 0) is 23.1 Å². The molecule has 0 fully saturated rings. The maximum absolute atomic E-state index is 14.2. The molecule has 0 aliphatic carbocycles. The Bertz CT molecular complexity index is 1300. The highest BCUT2D eigenvalue weighted by molar-refractivity contribution is 5.95. The molecule has 3 N–H and O–H groups in total. The summed E-state index contributed by atoms with van der Waals surface area (Å²) < 4.78 is 21.7. The number of benzene rings is 1. The van der Waals surface area contributed by atoms with Crippen LogP contribution in [0.4, 0.5) is 4.39 Å². The van der Waals surface area contributed by atoms with Gasteiger partial charge < -0.3 is 20.7 Å². The minimum absolute atomic E-state index is 0.0194. The molecule has 1 aromatic carbocycles. The maximum Gasteiger partial charge on any atom is 0.254 e. The fraction of sp³-hybridized carbons (Fsp3) is 0.292. The predicted octanol–water partition coefficient (Wildman–Crippen LogP) is 2.14. The van der Waals surface area contributed by atoms with Crippen molar-refractivity contribution in [2.45, 2.75) is 26.5 Å². The Balaban J connectivity index is 2.33. The number of aromatic nitrogens is 2. The van der Waals surface area contributed by atoms with E-state index in [-0.39, 0.29) is 41.8 Å². The number of halogens is 1. The average molecular weight is 480 g/mol. The van der Waals surface area contributed by atoms with E-state index in [1.54, 1.807) is 34.0 Å². The first kappa shape index (κ1) is 25.3. The molecular formula is C24H26FN7O3. The quantitative estimate of drug-likeness (QED) is 0.647. The molecule has 11 heteroatoms. The van der Waals surface area contributed by atoms with Gasteiger partial charge >= 0.3 is 0 Å². The van der Waals surface area contributed by atoms with Gasteiger partial charge in [0.05, 0.1) is 18.8 Å². The maximum atomic E-state index is 14.2. The van der Waals surface area contributed by atoms with E-state index in [1.165, 1.54) is 27.8 Å². The summed E-state index contributed by atoms with van der Waals surface area (Å²) in [7, 11) is 3.23. The van der Waals surface area contributed by atoms with Crippen LogP contribution in [0.3, 0.4) is 0 Å². The van der Waals surface area contributed by atoms with Gasteiger partial charge in [-0.15, -0.1) is 0 Å². The number of nitrogens with two attached hydrogens (primary N) is 1. The Labute approximate surface area is 202 Å². The van der Waals surface area contributed by atoms with Gasteiger partial charge in [0, 0.05) is 30.8 Å². The second-order valence-corrected chi connectivity index (χ2v) is 8.01. The zero-order valence-corrected chi connectivity index (χ0v) is 19.9. The number of nitrogens with one attached hydrogen (secondary N) is 1. The zero-order valence-electron chi connectivity index (χ0n) is 19.9. The zero-order chi connectivity index (χ0) is 25.9. The van der Waals surface area contributed by atoms with Crippen LogP contribution in [0.5, 0.6) is 0 Å². The molecule has 0 unspecified atom stereocenters. The first-order valence-electron chi connectivity index (χ1n) is 10.7. The van der Waals surface area contributed by atoms with E-state index in [1.807, 2.05) is 0 Å². The molecule has 2 aromatic rings.